The minimum atomic E-state index is -0.935. The number of ether oxygens (including phenoxy) is 3. The van der Waals surface area contributed by atoms with Crippen molar-refractivity contribution in [3.63, 3.8) is 0 Å². The third-order valence-electron chi connectivity index (χ3n) is 2.49. The highest BCUT2D eigenvalue weighted by Gasteiger charge is 1.99. The first-order chi connectivity index (χ1) is 16.4. The molecule has 0 aliphatic rings. The number of nitriles is 1. The number of hydrogen-bond acceptors (Lipinski definition) is 9. The Morgan fingerprint density at radius 2 is 1.31 bits per heavy atom. The molecule has 0 amide bonds. The lowest BCUT2D eigenvalue weighted by atomic mass is 10.4. The molecule has 0 aliphatic heterocycles. The van der Waals surface area contributed by atoms with Gasteiger partial charge in [-0.1, -0.05) is 46.2 Å². The van der Waals surface area contributed by atoms with Crippen LogP contribution in [0.5, 0.6) is 0 Å². The molecule has 35 heavy (non-hydrogen) atoms. The van der Waals surface area contributed by atoms with Gasteiger partial charge in [0.2, 0.25) is 0 Å². The number of nitrogens with zero attached hydrogens (tertiary/aromatic N) is 1. The van der Waals surface area contributed by atoms with E-state index in [1.165, 1.54) is 19.1 Å². The maximum atomic E-state index is 10.5. The Labute approximate surface area is 208 Å². The third kappa shape index (κ3) is 53.3. The Balaban J connectivity index is -0.000000110. The van der Waals surface area contributed by atoms with Crippen LogP contribution in [0.25, 0.3) is 0 Å². The van der Waals surface area contributed by atoms with Crippen molar-refractivity contribution >= 4 is 23.9 Å². The monoisotopic (exact) mass is 497 g/mol. The summed E-state index contributed by atoms with van der Waals surface area (Å²) in [5.74, 6) is -2.08. The van der Waals surface area contributed by atoms with Gasteiger partial charge in [-0.2, -0.15) is 5.26 Å². The van der Waals surface area contributed by atoms with Gasteiger partial charge in [0.15, 0.2) is 0 Å². The van der Waals surface area contributed by atoms with E-state index in [0.29, 0.717) is 18.8 Å². The fraction of sp³-hybridized carbons (Fsp3) is 0.400. The predicted octanol–water partition coefficient (Wildman–Crippen LogP) is 3.69. The van der Waals surface area contributed by atoms with Crippen molar-refractivity contribution in [1.29, 1.82) is 5.26 Å². The molecule has 10 nitrogen and oxygen atoms in total. The van der Waals surface area contributed by atoms with Gasteiger partial charge in [-0.25, -0.2) is 19.2 Å². The number of carboxylic acids is 1. The SMILES string of the molecule is C=C(C)C(=O)O.C=C(C)C(=O)OCCO.C=CC#N.C=CC(=O)OCC.C=CC(=O)OCCCC. The highest BCUT2D eigenvalue weighted by Crippen LogP contribution is 1.90. The summed E-state index contributed by atoms with van der Waals surface area (Å²) < 4.78 is 13.6. The zero-order chi connectivity index (χ0) is 28.7. The molecule has 0 unspecified atom stereocenters. The highest BCUT2D eigenvalue weighted by molar-refractivity contribution is 5.87. The number of carbonyl (C=O) groups excluding carboxylic acids is 3. The largest absolute Gasteiger partial charge is 0.478 e. The minimum absolute atomic E-state index is 0.0473. The molecule has 0 heterocycles. The van der Waals surface area contributed by atoms with Gasteiger partial charge in [0, 0.05) is 29.4 Å². The predicted molar refractivity (Wildman–Crippen MR) is 134 cm³/mol. The van der Waals surface area contributed by atoms with E-state index in [0.717, 1.165) is 18.9 Å². The number of aliphatic hydroxyl groups is 1. The van der Waals surface area contributed by atoms with Gasteiger partial charge < -0.3 is 24.4 Å². The summed E-state index contributed by atoms with van der Waals surface area (Å²) >= 11 is 0. The topological polar surface area (TPSA) is 160 Å². The number of hydrogen-bond donors (Lipinski definition) is 2. The van der Waals surface area contributed by atoms with Crippen molar-refractivity contribution in [2.24, 2.45) is 0 Å². The third-order valence-corrected chi connectivity index (χ3v) is 2.49. The van der Waals surface area contributed by atoms with Gasteiger partial charge in [0.1, 0.15) is 6.61 Å². The van der Waals surface area contributed by atoms with Crippen molar-refractivity contribution in [3.05, 3.63) is 62.3 Å². The fourth-order valence-corrected chi connectivity index (χ4v) is 0.839. The molecule has 0 rings (SSSR count). The molecular formula is C25H39NO9. The Morgan fingerprint density at radius 3 is 1.54 bits per heavy atom. The van der Waals surface area contributed by atoms with Gasteiger partial charge in [-0.05, 0) is 27.2 Å². The smallest absolute Gasteiger partial charge is 0.333 e. The van der Waals surface area contributed by atoms with Crippen molar-refractivity contribution < 1.29 is 43.6 Å². The van der Waals surface area contributed by atoms with Crippen LogP contribution in [-0.4, -0.2) is 60.5 Å². The second-order valence-electron chi connectivity index (χ2n) is 5.74. The lowest BCUT2D eigenvalue weighted by Gasteiger charge is -1.99. The Hall–Kier alpha value is -3.97. The number of allylic oxidation sites excluding steroid dienone is 1. The van der Waals surface area contributed by atoms with E-state index >= 15 is 0 Å². The average Bonchev–Trinajstić information content (AvgIpc) is 2.83. The lowest BCUT2D eigenvalue weighted by molar-refractivity contribution is -0.140. The van der Waals surface area contributed by atoms with E-state index in [9.17, 15) is 19.2 Å². The summed E-state index contributed by atoms with van der Waals surface area (Å²) in [6.45, 7) is 23.7. The van der Waals surface area contributed by atoms with Crippen LogP contribution in [0.15, 0.2) is 62.3 Å². The maximum absolute atomic E-state index is 10.5. The quantitative estimate of drug-likeness (QED) is 0.150. The summed E-state index contributed by atoms with van der Waals surface area (Å²) in [6, 6.07) is 1.69. The number of rotatable bonds is 10. The van der Waals surface area contributed by atoms with Crippen LogP contribution in [0, 0.1) is 11.3 Å². The van der Waals surface area contributed by atoms with E-state index in [1.807, 2.05) is 6.92 Å². The highest BCUT2D eigenvalue weighted by atomic mass is 16.5. The normalized spacial score (nSPS) is 7.66. The van der Waals surface area contributed by atoms with Crippen LogP contribution in [0.2, 0.25) is 0 Å². The molecular weight excluding hydrogens is 458 g/mol. The minimum Gasteiger partial charge on any atom is -0.478 e. The molecule has 0 bridgehead atoms. The maximum Gasteiger partial charge on any atom is 0.333 e. The molecule has 2 N–H and O–H groups in total. The summed E-state index contributed by atoms with van der Waals surface area (Å²) in [4.78, 5) is 40.5. The molecule has 0 aromatic carbocycles. The van der Waals surface area contributed by atoms with E-state index in [2.05, 4.69) is 47.1 Å². The van der Waals surface area contributed by atoms with Crippen LogP contribution < -0.4 is 0 Å². The van der Waals surface area contributed by atoms with Gasteiger partial charge in [0.25, 0.3) is 0 Å². The summed E-state index contributed by atoms with van der Waals surface area (Å²) in [5, 5.41) is 23.6. The second-order valence-corrected chi connectivity index (χ2v) is 5.74. The number of unbranched alkanes of at least 4 members (excludes halogenated alkanes) is 1. The van der Waals surface area contributed by atoms with E-state index in [-0.39, 0.29) is 30.7 Å². The van der Waals surface area contributed by atoms with Crippen molar-refractivity contribution in [3.8, 4) is 6.07 Å². The second kappa shape index (κ2) is 34.6. The van der Waals surface area contributed by atoms with Gasteiger partial charge in [-0.3, -0.25) is 0 Å². The number of aliphatic hydroxyl groups excluding tert-OH is 1. The van der Waals surface area contributed by atoms with Crippen LogP contribution >= 0.6 is 0 Å². The van der Waals surface area contributed by atoms with Gasteiger partial charge in [-0.15, -0.1) is 0 Å². The van der Waals surface area contributed by atoms with Crippen molar-refractivity contribution in [1.82, 2.24) is 0 Å². The summed E-state index contributed by atoms with van der Waals surface area (Å²) in [5.41, 5.74) is 0.526. The molecule has 0 aromatic rings. The molecule has 0 saturated heterocycles. The molecule has 0 fully saturated rings. The first kappa shape index (κ1) is 41.3. The van der Waals surface area contributed by atoms with Gasteiger partial charge >= 0.3 is 23.9 Å². The Bertz CT molecular complexity index is 690. The molecule has 0 atom stereocenters. The molecule has 0 aromatic heterocycles. The average molecular weight is 498 g/mol. The van der Waals surface area contributed by atoms with Crippen molar-refractivity contribution in [2.75, 3.05) is 26.4 Å². The first-order valence-electron chi connectivity index (χ1n) is 10.3. The number of esters is 3. The standard InChI is InChI=1S/C7H12O2.C6H10O3.C5H8O2.C4H6O2.C3H3N/c1-3-5-6-9-7(8)4-2;1-5(2)6(8)9-4-3-7;1-3-5(6)7-4-2;1-3(2)4(5)6;1-2-3-4/h4H,2-3,5-6H2,1H3;7H,1,3-4H2,2H3;3H,1,4H2,2H3;1H2,2H3,(H,5,6);2H,1H2. The van der Waals surface area contributed by atoms with E-state index < -0.39 is 11.9 Å². The molecule has 10 heteroatoms. The Morgan fingerprint density at radius 1 is 0.886 bits per heavy atom. The number of carboxylic acid groups (broad SMARTS) is 1. The van der Waals surface area contributed by atoms with Crippen LogP contribution in [0.1, 0.15) is 40.5 Å². The summed E-state index contributed by atoms with van der Waals surface area (Å²) in [7, 11) is 0. The molecule has 0 saturated carbocycles. The summed E-state index contributed by atoms with van der Waals surface area (Å²) in [6.07, 6.45) is 5.48. The number of carbonyl (C=O) groups is 4. The van der Waals surface area contributed by atoms with Crippen LogP contribution in [-0.2, 0) is 33.4 Å². The van der Waals surface area contributed by atoms with Crippen LogP contribution in [0.4, 0.5) is 0 Å². The van der Waals surface area contributed by atoms with E-state index in [1.54, 1.807) is 19.9 Å². The molecule has 198 valence electrons. The van der Waals surface area contributed by atoms with Gasteiger partial charge in [0.05, 0.1) is 25.9 Å². The fourth-order valence-electron chi connectivity index (χ4n) is 0.839. The Kier molecular flexibility index (Phi) is 40.9. The van der Waals surface area contributed by atoms with E-state index in [4.69, 9.17) is 15.5 Å². The lowest BCUT2D eigenvalue weighted by Crippen LogP contribution is -2.08. The van der Waals surface area contributed by atoms with Crippen LogP contribution in [0.3, 0.4) is 0 Å². The first-order valence-corrected chi connectivity index (χ1v) is 10.3. The zero-order valence-corrected chi connectivity index (χ0v) is 21.2. The van der Waals surface area contributed by atoms with Crippen molar-refractivity contribution in [2.45, 2.75) is 40.5 Å². The molecule has 0 radical (unpaired) electrons. The molecule has 0 aliphatic carbocycles. The zero-order valence-electron chi connectivity index (χ0n) is 21.2. The number of aliphatic carboxylic acids is 1. The molecule has 0 spiro atoms.